The molecular formula is C28H44O5. The number of aliphatic hydroxyl groups excluding tert-OH is 1. The fourth-order valence-electron chi connectivity index (χ4n) is 8.73. The van der Waals surface area contributed by atoms with Gasteiger partial charge in [-0.3, -0.25) is 9.59 Å². The topological polar surface area (TPSA) is 83.8 Å². The van der Waals surface area contributed by atoms with Crippen molar-refractivity contribution < 1.29 is 24.5 Å². The lowest BCUT2D eigenvalue weighted by Gasteiger charge is -2.63. The van der Waals surface area contributed by atoms with Crippen molar-refractivity contribution in [2.75, 3.05) is 6.61 Å². The zero-order valence-electron chi connectivity index (χ0n) is 21.2. The van der Waals surface area contributed by atoms with Crippen LogP contribution in [-0.4, -0.2) is 40.3 Å². The average Bonchev–Trinajstić information content (AvgIpc) is 3.10. The number of ether oxygens (including phenoxy) is 1. The molecule has 0 heterocycles. The van der Waals surface area contributed by atoms with E-state index in [1.165, 1.54) is 13.3 Å². The first kappa shape index (κ1) is 24.9. The van der Waals surface area contributed by atoms with Crippen molar-refractivity contribution in [2.24, 2.45) is 46.3 Å². The highest BCUT2D eigenvalue weighted by atomic mass is 16.5. The summed E-state index contributed by atoms with van der Waals surface area (Å²) < 4.78 is 5.15. The molecule has 0 spiro atoms. The first-order chi connectivity index (χ1) is 15.4. The maximum Gasteiger partial charge on any atom is 0.302 e. The van der Waals surface area contributed by atoms with Gasteiger partial charge < -0.3 is 14.9 Å². The number of Topliss-reactive ketones (excluding diaryl/α,β-unsaturated/α-hetero) is 1. The van der Waals surface area contributed by atoms with Crippen molar-refractivity contribution in [1.29, 1.82) is 0 Å². The number of rotatable bonds is 5. The van der Waals surface area contributed by atoms with Crippen LogP contribution in [-0.2, 0) is 14.3 Å². The van der Waals surface area contributed by atoms with E-state index in [1.807, 2.05) is 0 Å². The van der Waals surface area contributed by atoms with Gasteiger partial charge >= 0.3 is 5.97 Å². The van der Waals surface area contributed by atoms with Gasteiger partial charge in [0.25, 0.3) is 0 Å². The Hall–Kier alpha value is -1.20. The molecule has 5 heteroatoms. The van der Waals surface area contributed by atoms with Gasteiger partial charge in [-0.05, 0) is 73.5 Å². The minimum absolute atomic E-state index is 0.0232. The zero-order valence-corrected chi connectivity index (χ0v) is 21.2. The van der Waals surface area contributed by atoms with E-state index in [-0.39, 0.29) is 29.5 Å². The molecule has 0 amide bonds. The Morgan fingerprint density at radius 1 is 1.12 bits per heavy atom. The minimum Gasteiger partial charge on any atom is -0.465 e. The molecule has 0 saturated heterocycles. The van der Waals surface area contributed by atoms with E-state index in [0.717, 1.165) is 25.7 Å². The van der Waals surface area contributed by atoms with Crippen molar-refractivity contribution in [3.8, 4) is 0 Å². The van der Waals surface area contributed by atoms with E-state index < -0.39 is 17.1 Å². The Labute approximate surface area is 199 Å². The Bertz CT molecular complexity index is 806. The van der Waals surface area contributed by atoms with E-state index in [4.69, 9.17) is 4.74 Å². The molecular weight excluding hydrogens is 416 g/mol. The second-order valence-electron chi connectivity index (χ2n) is 12.4. The Morgan fingerprint density at radius 2 is 1.85 bits per heavy atom. The molecule has 4 aliphatic carbocycles. The van der Waals surface area contributed by atoms with Gasteiger partial charge in [-0.25, -0.2) is 0 Å². The minimum atomic E-state index is -1.36. The summed E-state index contributed by atoms with van der Waals surface area (Å²) in [6, 6.07) is 0. The lowest BCUT2D eigenvalue weighted by molar-refractivity contribution is -0.213. The number of aliphatic hydroxyl groups is 2. The molecule has 0 bridgehead atoms. The molecule has 33 heavy (non-hydrogen) atoms. The summed E-state index contributed by atoms with van der Waals surface area (Å²) in [5.74, 6) is 2.19. The summed E-state index contributed by atoms with van der Waals surface area (Å²) >= 11 is 0. The third-order valence-electron chi connectivity index (χ3n) is 10.6. The molecule has 0 aromatic carbocycles. The molecule has 5 nitrogen and oxygen atoms in total. The van der Waals surface area contributed by atoms with Gasteiger partial charge in [0.15, 0.2) is 5.78 Å². The zero-order chi connectivity index (χ0) is 24.2. The van der Waals surface area contributed by atoms with Gasteiger partial charge in [-0.15, -0.1) is 0 Å². The number of hydrogen-bond acceptors (Lipinski definition) is 5. The van der Waals surface area contributed by atoms with Crippen LogP contribution in [0.15, 0.2) is 12.2 Å². The molecule has 186 valence electrons. The van der Waals surface area contributed by atoms with Crippen LogP contribution in [0.5, 0.6) is 0 Å². The van der Waals surface area contributed by atoms with Crippen LogP contribution in [0.4, 0.5) is 0 Å². The van der Waals surface area contributed by atoms with Crippen molar-refractivity contribution in [3.63, 3.8) is 0 Å². The van der Waals surface area contributed by atoms with E-state index in [2.05, 4.69) is 39.8 Å². The molecule has 4 fully saturated rings. The Balaban J connectivity index is 1.51. The third-order valence-corrected chi connectivity index (χ3v) is 10.6. The van der Waals surface area contributed by atoms with Crippen molar-refractivity contribution in [1.82, 2.24) is 0 Å². The molecule has 0 aliphatic heterocycles. The SMILES string of the molecule is CC(=O)OCC(C)/C=C\[C@@H](C)[C@H]1CC[C@H]2[C@@H]3CC(=O)[C@@]4(O)C[C@@H](O)CC[C@]4(C)[C@H]3CC[C@]12C. The van der Waals surface area contributed by atoms with E-state index >= 15 is 0 Å². The highest BCUT2D eigenvalue weighted by Crippen LogP contribution is 2.68. The van der Waals surface area contributed by atoms with Crippen molar-refractivity contribution in [2.45, 2.75) is 97.7 Å². The van der Waals surface area contributed by atoms with Gasteiger partial charge in [-0.2, -0.15) is 0 Å². The molecule has 4 aliphatic rings. The smallest absolute Gasteiger partial charge is 0.302 e. The van der Waals surface area contributed by atoms with Crippen LogP contribution in [0.25, 0.3) is 0 Å². The number of hydrogen-bond donors (Lipinski definition) is 2. The predicted molar refractivity (Wildman–Crippen MR) is 127 cm³/mol. The summed E-state index contributed by atoms with van der Waals surface area (Å²) in [7, 11) is 0. The molecule has 0 aromatic heterocycles. The lowest BCUT2D eigenvalue weighted by Crippen LogP contribution is -2.67. The first-order valence-corrected chi connectivity index (χ1v) is 13.2. The standard InChI is InChI=1S/C28H44O5/c1-17(16-33-19(3)29)6-7-18(2)22-8-9-23-21-14-25(31)28(32)15-20(30)10-13-27(28,5)24(21)11-12-26(22,23)4/h6-7,17-18,20-24,30,32H,8-16H2,1-5H3/b7-6-/t17?,18-,20+,21+,22-,23+,24+,26-,27-,28+/m1/s1. The van der Waals surface area contributed by atoms with Gasteiger partial charge in [0.2, 0.25) is 0 Å². The summed E-state index contributed by atoms with van der Waals surface area (Å²) in [5.41, 5.74) is -1.56. The number of ketones is 1. The third kappa shape index (κ3) is 4.01. The van der Waals surface area contributed by atoms with Gasteiger partial charge in [0.1, 0.15) is 5.60 Å². The monoisotopic (exact) mass is 460 g/mol. The molecule has 4 rings (SSSR count). The molecule has 2 N–H and O–H groups in total. The normalized spacial score (nSPS) is 46.9. The molecule has 4 saturated carbocycles. The predicted octanol–water partition coefficient (Wildman–Crippen LogP) is 4.69. The van der Waals surface area contributed by atoms with Crippen LogP contribution < -0.4 is 0 Å². The maximum absolute atomic E-state index is 13.3. The molecule has 0 radical (unpaired) electrons. The number of fused-ring (bicyclic) bond motifs is 5. The average molecular weight is 461 g/mol. The van der Waals surface area contributed by atoms with Gasteiger partial charge in [-0.1, -0.05) is 39.8 Å². The number of esters is 1. The highest BCUT2D eigenvalue weighted by molar-refractivity contribution is 5.89. The quantitative estimate of drug-likeness (QED) is 0.459. The Morgan fingerprint density at radius 3 is 2.55 bits per heavy atom. The van der Waals surface area contributed by atoms with E-state index in [9.17, 15) is 19.8 Å². The second kappa shape index (κ2) is 8.78. The summed E-state index contributed by atoms with van der Waals surface area (Å²) in [5, 5.41) is 21.8. The summed E-state index contributed by atoms with van der Waals surface area (Å²) in [4.78, 5) is 24.4. The maximum atomic E-state index is 13.3. The summed E-state index contributed by atoms with van der Waals surface area (Å²) in [6.45, 7) is 10.9. The fourth-order valence-corrected chi connectivity index (χ4v) is 8.73. The summed E-state index contributed by atoms with van der Waals surface area (Å²) in [6.07, 6.45) is 10.6. The van der Waals surface area contributed by atoms with Crippen molar-refractivity contribution in [3.05, 3.63) is 12.2 Å². The molecule has 10 atom stereocenters. The highest BCUT2D eigenvalue weighted by Gasteiger charge is 2.67. The second-order valence-corrected chi connectivity index (χ2v) is 12.4. The van der Waals surface area contributed by atoms with E-state index in [0.29, 0.717) is 49.0 Å². The Kier molecular flexibility index (Phi) is 6.63. The van der Waals surface area contributed by atoms with Crippen LogP contribution in [0, 0.1) is 46.3 Å². The number of carbonyl (C=O) groups is 2. The molecule has 0 aromatic rings. The first-order valence-electron chi connectivity index (χ1n) is 13.2. The lowest BCUT2D eigenvalue weighted by atomic mass is 9.42. The number of carbonyl (C=O) groups excluding carboxylic acids is 2. The van der Waals surface area contributed by atoms with Crippen LogP contribution in [0.2, 0.25) is 0 Å². The largest absolute Gasteiger partial charge is 0.465 e. The van der Waals surface area contributed by atoms with Crippen LogP contribution in [0.1, 0.15) is 86.0 Å². The van der Waals surface area contributed by atoms with E-state index in [1.54, 1.807) is 0 Å². The van der Waals surface area contributed by atoms with Crippen LogP contribution in [0.3, 0.4) is 0 Å². The fraction of sp³-hybridized carbons (Fsp3) is 0.857. The van der Waals surface area contributed by atoms with Gasteiger partial charge in [0, 0.05) is 31.1 Å². The number of allylic oxidation sites excluding steroid dienone is 1. The van der Waals surface area contributed by atoms with Gasteiger partial charge in [0.05, 0.1) is 12.7 Å². The van der Waals surface area contributed by atoms with Crippen LogP contribution >= 0.6 is 0 Å². The van der Waals surface area contributed by atoms with Crippen molar-refractivity contribution >= 4 is 11.8 Å². The molecule has 1 unspecified atom stereocenters.